The molecule has 0 saturated heterocycles. The van der Waals surface area contributed by atoms with E-state index in [4.69, 9.17) is 5.73 Å². The van der Waals surface area contributed by atoms with Gasteiger partial charge in [-0.2, -0.15) is 5.10 Å². The van der Waals surface area contributed by atoms with Crippen molar-refractivity contribution in [3.63, 3.8) is 0 Å². The van der Waals surface area contributed by atoms with E-state index in [1.165, 1.54) is 8.97 Å². The van der Waals surface area contributed by atoms with E-state index < -0.39 is 11.9 Å². The summed E-state index contributed by atoms with van der Waals surface area (Å²) in [4.78, 5) is 40.4. The van der Waals surface area contributed by atoms with E-state index in [-0.39, 0.29) is 17.1 Å². The molecule has 0 spiro atoms. The van der Waals surface area contributed by atoms with Crippen molar-refractivity contribution in [3.8, 4) is 17.5 Å². The predicted octanol–water partition coefficient (Wildman–Crippen LogP) is 2.63. The van der Waals surface area contributed by atoms with Crippen LogP contribution >= 0.6 is 0 Å². The van der Waals surface area contributed by atoms with E-state index in [1.807, 2.05) is 36.4 Å². The van der Waals surface area contributed by atoms with Gasteiger partial charge in [-0.25, -0.2) is 19.2 Å². The van der Waals surface area contributed by atoms with Gasteiger partial charge in [0.25, 0.3) is 5.91 Å². The molecule has 1 amide bonds. The van der Waals surface area contributed by atoms with Crippen molar-refractivity contribution < 1.29 is 4.79 Å². The van der Waals surface area contributed by atoms with Crippen LogP contribution in [0.2, 0.25) is 0 Å². The number of anilines is 1. The average molecular weight is 530 g/mol. The van der Waals surface area contributed by atoms with Crippen molar-refractivity contribution in [1.82, 2.24) is 39.0 Å². The number of carbonyl (C=O) groups excluding carboxylic acids is 1. The molecule has 40 heavy (non-hydrogen) atoms. The van der Waals surface area contributed by atoms with Gasteiger partial charge in [-0.05, 0) is 37.1 Å². The van der Waals surface area contributed by atoms with E-state index >= 15 is 0 Å². The number of imidazole rings is 1. The van der Waals surface area contributed by atoms with Crippen LogP contribution in [0.1, 0.15) is 40.3 Å². The number of rotatable bonds is 4. The van der Waals surface area contributed by atoms with Gasteiger partial charge in [0.05, 0.1) is 40.9 Å². The van der Waals surface area contributed by atoms with Crippen LogP contribution in [0.5, 0.6) is 0 Å². The molecule has 0 aliphatic carbocycles. The van der Waals surface area contributed by atoms with Crippen molar-refractivity contribution in [2.24, 2.45) is 7.05 Å². The Hall–Kier alpha value is -5.76. The lowest BCUT2D eigenvalue weighted by atomic mass is 10.1. The van der Waals surface area contributed by atoms with Gasteiger partial charge in [0.15, 0.2) is 0 Å². The molecule has 196 valence electrons. The second-order valence-corrected chi connectivity index (χ2v) is 9.17. The fraction of sp³-hybridized carbons (Fsp3) is 0.103. The summed E-state index contributed by atoms with van der Waals surface area (Å²) in [5.74, 6) is 5.66. The van der Waals surface area contributed by atoms with Crippen LogP contribution in [-0.2, 0) is 7.05 Å². The molecule has 6 aromatic rings. The number of nitrogens with two attached hydrogens (primary N) is 1. The number of fused-ring (bicyclic) bond motifs is 2. The van der Waals surface area contributed by atoms with Gasteiger partial charge in [0.1, 0.15) is 22.7 Å². The van der Waals surface area contributed by atoms with Crippen molar-refractivity contribution in [2.45, 2.75) is 13.0 Å². The van der Waals surface area contributed by atoms with Crippen LogP contribution in [0.25, 0.3) is 22.2 Å². The average Bonchev–Trinajstić information content (AvgIpc) is 3.57. The molecule has 0 aliphatic rings. The van der Waals surface area contributed by atoms with Crippen LogP contribution in [0.15, 0.2) is 84.3 Å². The molecule has 11 nitrogen and oxygen atoms in total. The summed E-state index contributed by atoms with van der Waals surface area (Å²) in [6.45, 7) is 1.79. The molecule has 0 aliphatic heterocycles. The number of hydrogen-bond donors (Lipinski definition) is 2. The molecule has 3 N–H and O–H groups in total. The van der Waals surface area contributed by atoms with Gasteiger partial charge >= 0.3 is 5.69 Å². The van der Waals surface area contributed by atoms with E-state index in [9.17, 15) is 9.59 Å². The summed E-state index contributed by atoms with van der Waals surface area (Å²) in [6, 6.07) is 13.9. The number of carbonyl (C=O) groups is 1. The maximum absolute atomic E-state index is 14.0. The Morgan fingerprint density at radius 1 is 1.02 bits per heavy atom. The van der Waals surface area contributed by atoms with E-state index in [1.54, 1.807) is 61.8 Å². The first kappa shape index (κ1) is 24.6. The Balaban J connectivity index is 1.45. The maximum atomic E-state index is 14.0. The lowest BCUT2D eigenvalue weighted by molar-refractivity contribution is 0.0940. The Kier molecular flexibility index (Phi) is 6.05. The summed E-state index contributed by atoms with van der Waals surface area (Å²) in [5, 5.41) is 7.78. The zero-order valence-electron chi connectivity index (χ0n) is 21.6. The highest BCUT2D eigenvalue weighted by Crippen LogP contribution is 2.23. The second-order valence-electron chi connectivity index (χ2n) is 9.17. The van der Waals surface area contributed by atoms with Gasteiger partial charge in [-0.3, -0.25) is 19.0 Å². The predicted molar refractivity (Wildman–Crippen MR) is 150 cm³/mol. The van der Waals surface area contributed by atoms with Crippen molar-refractivity contribution >= 4 is 28.3 Å². The lowest BCUT2D eigenvalue weighted by Gasteiger charge is -2.21. The Morgan fingerprint density at radius 2 is 1.85 bits per heavy atom. The summed E-state index contributed by atoms with van der Waals surface area (Å²) in [7, 11) is 1.81. The van der Waals surface area contributed by atoms with Crippen molar-refractivity contribution in [3.05, 3.63) is 113 Å². The molecule has 0 radical (unpaired) electrons. The number of nitrogens with one attached hydrogen (secondary N) is 1. The number of hydrogen-bond acceptors (Lipinski definition) is 7. The second kappa shape index (κ2) is 9.85. The molecule has 1 aromatic carbocycles. The molecule has 1 unspecified atom stereocenters. The highest BCUT2D eigenvalue weighted by molar-refractivity contribution is 6.09. The highest BCUT2D eigenvalue weighted by Gasteiger charge is 2.23. The molecule has 0 saturated carbocycles. The molecule has 11 heteroatoms. The Morgan fingerprint density at radius 3 is 2.62 bits per heavy atom. The zero-order valence-corrected chi connectivity index (χ0v) is 21.6. The smallest absolute Gasteiger partial charge is 0.339 e. The SMILES string of the molecule is CC(NC(=O)c1c(N)ncc2cccnc12)c1cc2ncc(C#Cc3cnn(C)c3)n2c(=O)n1-c1ccccc1. The zero-order chi connectivity index (χ0) is 27.8. The molecular formula is C29H23N9O2. The molecule has 0 fully saturated rings. The van der Waals surface area contributed by atoms with Crippen LogP contribution in [-0.4, -0.2) is 39.6 Å². The Labute approximate surface area is 227 Å². The maximum Gasteiger partial charge on any atom is 0.339 e. The largest absolute Gasteiger partial charge is 0.383 e. The van der Waals surface area contributed by atoms with E-state index in [0.717, 1.165) is 0 Å². The molecule has 1 atom stereocenters. The molecule has 5 aromatic heterocycles. The van der Waals surface area contributed by atoms with Crippen LogP contribution < -0.4 is 16.7 Å². The van der Waals surface area contributed by atoms with Crippen LogP contribution in [0, 0.1) is 11.8 Å². The third-order valence-electron chi connectivity index (χ3n) is 6.45. The topological polar surface area (TPSA) is 138 Å². The monoisotopic (exact) mass is 529 g/mol. The van der Waals surface area contributed by atoms with Gasteiger partial charge in [-0.1, -0.05) is 24.1 Å². The molecule has 5 heterocycles. The molecular weight excluding hydrogens is 506 g/mol. The summed E-state index contributed by atoms with van der Waals surface area (Å²) in [5.41, 5.74) is 9.03. The standard InChI is InChI=1S/C29H23N9O2/c1-18(35-28(39)25-26-20(7-6-12-31-26)15-33-27(25)30)23-13-24-32-16-22(11-10-19-14-34-36(2)17-19)38(24)29(40)37(23)21-8-4-3-5-9-21/h3-9,12-18H,1-2H3,(H2,30,33)(H,35,39). The third-order valence-corrected chi connectivity index (χ3v) is 6.45. The van der Waals surface area contributed by atoms with Crippen LogP contribution in [0.3, 0.4) is 0 Å². The van der Waals surface area contributed by atoms with Gasteiger partial charge in [0.2, 0.25) is 0 Å². The summed E-state index contributed by atoms with van der Waals surface area (Å²) < 4.78 is 4.64. The van der Waals surface area contributed by atoms with Crippen molar-refractivity contribution in [2.75, 3.05) is 5.73 Å². The number of para-hydroxylation sites is 1. The number of nitrogens with zero attached hydrogens (tertiary/aromatic N) is 7. The number of benzene rings is 1. The van der Waals surface area contributed by atoms with E-state index in [0.29, 0.717) is 39.2 Å². The number of amides is 1. The quantitative estimate of drug-likeness (QED) is 0.335. The highest BCUT2D eigenvalue weighted by atomic mass is 16.2. The fourth-order valence-electron chi connectivity index (χ4n) is 4.56. The minimum atomic E-state index is -0.620. The van der Waals surface area contributed by atoms with Crippen LogP contribution in [0.4, 0.5) is 5.82 Å². The van der Waals surface area contributed by atoms with Gasteiger partial charge in [0, 0.05) is 37.1 Å². The minimum Gasteiger partial charge on any atom is -0.383 e. The number of aromatic nitrogens is 7. The Bertz CT molecular complexity index is 2030. The van der Waals surface area contributed by atoms with Gasteiger partial charge in [-0.15, -0.1) is 0 Å². The molecule has 0 bridgehead atoms. The number of nitrogen functional groups attached to an aromatic ring is 1. The normalized spacial score (nSPS) is 11.8. The number of aryl methyl sites for hydroxylation is 1. The third kappa shape index (κ3) is 4.33. The minimum absolute atomic E-state index is 0.0666. The summed E-state index contributed by atoms with van der Waals surface area (Å²) in [6.07, 6.45) is 8.15. The molecule has 6 rings (SSSR count). The number of pyridine rings is 2. The van der Waals surface area contributed by atoms with Crippen molar-refractivity contribution in [1.29, 1.82) is 0 Å². The lowest BCUT2D eigenvalue weighted by Crippen LogP contribution is -2.35. The fourth-order valence-corrected chi connectivity index (χ4v) is 4.56. The first-order valence-electron chi connectivity index (χ1n) is 12.4. The van der Waals surface area contributed by atoms with E-state index in [2.05, 4.69) is 37.2 Å². The summed E-state index contributed by atoms with van der Waals surface area (Å²) >= 11 is 0. The first-order chi connectivity index (χ1) is 19.4. The van der Waals surface area contributed by atoms with Gasteiger partial charge < -0.3 is 11.1 Å². The first-order valence-corrected chi connectivity index (χ1v) is 12.4.